The average molecular weight is 263 g/mol. The van der Waals surface area contributed by atoms with Crippen molar-refractivity contribution in [3.8, 4) is 0 Å². The van der Waals surface area contributed by atoms with Crippen molar-refractivity contribution in [3.63, 3.8) is 0 Å². The van der Waals surface area contributed by atoms with E-state index in [0.29, 0.717) is 0 Å². The van der Waals surface area contributed by atoms with Crippen LogP contribution in [-0.4, -0.2) is 4.98 Å². The lowest BCUT2D eigenvalue weighted by Gasteiger charge is -2.17. The van der Waals surface area contributed by atoms with Crippen LogP contribution in [0.5, 0.6) is 0 Å². The van der Waals surface area contributed by atoms with Gasteiger partial charge in [-0.15, -0.1) is 10.2 Å². The van der Waals surface area contributed by atoms with Crippen molar-refractivity contribution in [1.29, 1.82) is 0 Å². The predicted octanol–water partition coefficient (Wildman–Crippen LogP) is -3.42. The number of hydrogen-bond acceptors (Lipinski definition) is 6. The van der Waals surface area contributed by atoms with Gasteiger partial charge >= 0.3 is 5.65 Å². The van der Waals surface area contributed by atoms with Gasteiger partial charge < -0.3 is 4.52 Å². The van der Waals surface area contributed by atoms with Gasteiger partial charge in [0.05, 0.1) is 6.07 Å². The second-order valence-electron chi connectivity index (χ2n) is 3.42. The molecule has 2 heterocycles. The van der Waals surface area contributed by atoms with E-state index < -0.39 is 10.2 Å². The first-order chi connectivity index (χ1) is 7.66. The third-order valence-electron chi connectivity index (χ3n) is 1.80. The zero-order valence-corrected chi connectivity index (χ0v) is 10.2. The molecule has 0 atom stereocenters. The second kappa shape index (κ2) is 4.94. The normalized spacial score (nSPS) is 11.2. The van der Waals surface area contributed by atoms with Crippen molar-refractivity contribution in [2.75, 3.05) is 0 Å². The molecule has 0 bridgehead atoms. The van der Waals surface area contributed by atoms with Crippen LogP contribution in [0.4, 0.5) is 0 Å². The molecule has 0 aliphatic rings. The molecule has 0 spiro atoms. The first-order valence-corrected chi connectivity index (χ1v) is 5.79. The highest BCUT2D eigenvalue weighted by molar-refractivity contribution is 5.30. The Labute approximate surface area is 99.3 Å². The molecule has 17 heavy (non-hydrogen) atoms. The van der Waals surface area contributed by atoms with Crippen molar-refractivity contribution < 1.29 is 38.0 Å². The zero-order valence-electron chi connectivity index (χ0n) is 9.47. The predicted molar refractivity (Wildman–Crippen MR) is 43.9 cm³/mol. The molecule has 0 radical (unpaired) electrons. The molecule has 0 saturated carbocycles. The lowest BCUT2D eigenvalue weighted by Crippen LogP contribution is -2.68. The molecule has 2 aromatic heterocycles. The summed E-state index contributed by atoms with van der Waals surface area (Å²) in [5.41, 5.74) is 2.98. The molecule has 0 aliphatic heterocycles. The van der Waals surface area contributed by atoms with Gasteiger partial charge in [0.25, 0.3) is 0 Å². The van der Waals surface area contributed by atoms with Crippen LogP contribution in [0.15, 0.2) is 16.7 Å². The summed E-state index contributed by atoms with van der Waals surface area (Å²) in [6.07, 6.45) is 0. The largest absolute Gasteiger partial charge is 0.366 e. The number of rotatable bonds is 0. The van der Waals surface area contributed by atoms with E-state index in [0.717, 1.165) is 22.8 Å². The molecule has 0 unspecified atom stereocenters. The fourth-order valence-electron chi connectivity index (χ4n) is 1.36. The van der Waals surface area contributed by atoms with Crippen LogP contribution in [0.25, 0.3) is 5.65 Å². The minimum Gasteiger partial charge on any atom is -0.300 e. The number of hydrogen-bond donors (Lipinski definition) is 0. The Balaban J connectivity index is 0.000000249. The Hall–Kier alpha value is -1.25. The van der Waals surface area contributed by atoms with Crippen LogP contribution >= 0.6 is 0 Å². The molecule has 0 N–H and O–H groups in total. The van der Waals surface area contributed by atoms with E-state index in [9.17, 15) is 0 Å². The van der Waals surface area contributed by atoms with Gasteiger partial charge in [0.15, 0.2) is 17.1 Å². The van der Waals surface area contributed by atoms with E-state index in [2.05, 4.69) is 4.98 Å². The minimum atomic E-state index is -4.94. The average Bonchev–Trinajstić information content (AvgIpc) is 2.42. The highest BCUT2D eigenvalue weighted by Gasteiger charge is 2.13. The Morgan fingerprint density at radius 1 is 1.12 bits per heavy atom. The summed E-state index contributed by atoms with van der Waals surface area (Å²) in [5.74, 6) is 0.885. The summed E-state index contributed by atoms with van der Waals surface area (Å²) in [6, 6.07) is 3.93. The number of nitrogens with zero attached hydrogens (tertiary/aromatic N) is 2. The van der Waals surface area contributed by atoms with Crippen LogP contribution in [-0.2, 0) is 0 Å². The molecular formula is C9H11ClN2O5. The molecule has 2 aromatic rings. The molecule has 0 saturated heterocycles. The van der Waals surface area contributed by atoms with Gasteiger partial charge in [0.2, 0.25) is 0 Å². The smallest absolute Gasteiger partial charge is 0.300 e. The van der Waals surface area contributed by atoms with Crippen molar-refractivity contribution in [1.82, 2.24) is 4.98 Å². The quantitative estimate of drug-likeness (QED) is 0.456. The van der Waals surface area contributed by atoms with Crippen LogP contribution in [0, 0.1) is 31.0 Å². The molecule has 0 amide bonds. The van der Waals surface area contributed by atoms with Crippen molar-refractivity contribution in [2.24, 2.45) is 0 Å². The van der Waals surface area contributed by atoms with E-state index >= 15 is 0 Å². The highest BCUT2D eigenvalue weighted by atomic mass is 35.7. The SMILES string of the molecule is Cc1cc(C)[n+]2oc(C)cc2n1.[O-][Cl+3]([O-])([O-])[O-]. The number of halogens is 1. The molecule has 0 fully saturated rings. The van der Waals surface area contributed by atoms with Crippen molar-refractivity contribution >= 4 is 5.65 Å². The van der Waals surface area contributed by atoms with E-state index in [4.69, 9.17) is 23.2 Å². The van der Waals surface area contributed by atoms with E-state index in [1.807, 2.05) is 32.9 Å². The first kappa shape index (κ1) is 13.8. The van der Waals surface area contributed by atoms with E-state index in [1.165, 1.54) is 0 Å². The maximum absolute atomic E-state index is 8.49. The summed E-state index contributed by atoms with van der Waals surface area (Å²) in [4.78, 5) is 4.33. The Morgan fingerprint density at radius 3 is 2.18 bits per heavy atom. The van der Waals surface area contributed by atoms with Crippen LogP contribution in [0.2, 0.25) is 0 Å². The van der Waals surface area contributed by atoms with Gasteiger partial charge in [-0.1, -0.05) is 0 Å². The standard InChI is InChI=1S/C9H11N2O.ClHO4/c1-6-4-7(2)11-9(10-6)5-8(3)12-11;2-1(3,4)5/h4-5H,1-3H3;(H,2,3,4,5)/q+1;/p-1. The molecule has 7 nitrogen and oxygen atoms in total. The van der Waals surface area contributed by atoms with Gasteiger partial charge in [-0.2, -0.15) is 0 Å². The molecular weight excluding hydrogens is 252 g/mol. The van der Waals surface area contributed by atoms with Gasteiger partial charge in [-0.05, 0) is 16.5 Å². The molecule has 0 aliphatic carbocycles. The summed E-state index contributed by atoms with van der Waals surface area (Å²) in [7, 11) is -4.94. The van der Waals surface area contributed by atoms with Crippen molar-refractivity contribution in [3.05, 3.63) is 29.3 Å². The molecule has 2 rings (SSSR count). The molecule has 8 heteroatoms. The Bertz CT molecular complexity index is 514. The summed E-state index contributed by atoms with van der Waals surface area (Å²) < 4.78 is 41.1. The van der Waals surface area contributed by atoms with E-state index in [-0.39, 0.29) is 0 Å². The fourth-order valence-corrected chi connectivity index (χ4v) is 1.36. The Morgan fingerprint density at radius 2 is 1.65 bits per heavy atom. The third-order valence-corrected chi connectivity index (χ3v) is 1.80. The van der Waals surface area contributed by atoms with E-state index in [1.54, 1.807) is 4.57 Å². The summed E-state index contributed by atoms with van der Waals surface area (Å²) in [6.45, 7) is 5.91. The third kappa shape index (κ3) is 4.63. The van der Waals surface area contributed by atoms with Crippen LogP contribution < -0.4 is 23.2 Å². The van der Waals surface area contributed by atoms with Gasteiger partial charge in [-0.3, -0.25) is 0 Å². The van der Waals surface area contributed by atoms with Gasteiger partial charge in [0.1, 0.15) is 0 Å². The first-order valence-electron chi connectivity index (χ1n) is 4.55. The maximum atomic E-state index is 8.49. The van der Waals surface area contributed by atoms with Crippen LogP contribution in [0.3, 0.4) is 0 Å². The lowest BCUT2D eigenvalue weighted by molar-refractivity contribution is -2.00. The zero-order chi connectivity index (χ0) is 13.2. The summed E-state index contributed by atoms with van der Waals surface area (Å²) in [5, 5.41) is 0. The fraction of sp³-hybridized carbons (Fsp3) is 0.333. The number of aryl methyl sites for hydroxylation is 3. The molecule has 0 aromatic carbocycles. The number of fused-ring (bicyclic) bond motifs is 1. The van der Waals surface area contributed by atoms with Gasteiger partial charge in [-0.25, -0.2) is 18.6 Å². The second-order valence-corrected chi connectivity index (χ2v) is 4.17. The Kier molecular flexibility index (Phi) is 4.02. The van der Waals surface area contributed by atoms with Gasteiger partial charge in [0, 0.05) is 19.9 Å². The summed E-state index contributed by atoms with van der Waals surface area (Å²) >= 11 is 0. The monoisotopic (exact) mass is 262 g/mol. The highest BCUT2D eigenvalue weighted by Crippen LogP contribution is 2.03. The maximum Gasteiger partial charge on any atom is 0.366 e. The lowest BCUT2D eigenvalue weighted by atomic mass is 10.3. The minimum absolute atomic E-state index is 0.880. The van der Waals surface area contributed by atoms with Crippen molar-refractivity contribution in [2.45, 2.75) is 20.8 Å². The number of aromatic nitrogens is 2. The topological polar surface area (TPSA) is 122 Å². The van der Waals surface area contributed by atoms with Crippen LogP contribution in [0.1, 0.15) is 17.1 Å². The molecule has 94 valence electrons.